The lowest BCUT2D eigenvalue weighted by Crippen LogP contribution is -2.26. The maximum Gasteiger partial charge on any atom is 0.335 e. The summed E-state index contributed by atoms with van der Waals surface area (Å²) >= 11 is 0. The van der Waals surface area contributed by atoms with E-state index in [-0.39, 0.29) is 12.5 Å². The van der Waals surface area contributed by atoms with Crippen LogP contribution in [-0.2, 0) is 16.1 Å². The Labute approximate surface area is 94.6 Å². The van der Waals surface area contributed by atoms with Crippen LogP contribution in [0.15, 0.2) is 35.5 Å². The summed E-state index contributed by atoms with van der Waals surface area (Å²) in [6.07, 6.45) is 0. The van der Waals surface area contributed by atoms with Gasteiger partial charge in [-0.25, -0.2) is 4.79 Å². The number of benzene rings is 1. The number of carbonyl (C=O) groups excluding carboxylic acids is 1. The molecule has 4 heteroatoms. The maximum absolute atomic E-state index is 11.5. The molecule has 0 spiro atoms. The summed E-state index contributed by atoms with van der Waals surface area (Å²) in [5.41, 5.74) is 0.893. The molecule has 0 bridgehead atoms. The summed E-state index contributed by atoms with van der Waals surface area (Å²) in [4.78, 5) is 21.9. The molecule has 0 saturated heterocycles. The first-order valence-corrected chi connectivity index (χ1v) is 5.18. The van der Waals surface area contributed by atoms with Gasteiger partial charge in [-0.1, -0.05) is 49.4 Å². The fraction of sp³-hybridized carbons (Fsp3) is 0.417. The Morgan fingerprint density at radius 2 is 1.94 bits per heavy atom. The van der Waals surface area contributed by atoms with Gasteiger partial charge in [0, 0.05) is 0 Å². The van der Waals surface area contributed by atoms with Crippen molar-refractivity contribution in [1.29, 1.82) is 0 Å². The second kappa shape index (κ2) is 6.00. The summed E-state index contributed by atoms with van der Waals surface area (Å²) in [5.74, 6) is -0.699. The molecule has 0 saturated carbocycles. The average molecular weight is 221 g/mol. The van der Waals surface area contributed by atoms with Crippen molar-refractivity contribution >= 4 is 5.97 Å². The molecule has 1 aromatic carbocycles. The van der Waals surface area contributed by atoms with Crippen molar-refractivity contribution in [2.24, 2.45) is 11.1 Å². The van der Waals surface area contributed by atoms with Crippen LogP contribution in [0, 0.1) is 10.8 Å². The lowest BCUT2D eigenvalue weighted by atomic mass is 10.1. The predicted molar refractivity (Wildman–Crippen MR) is 60.7 cm³/mol. The van der Waals surface area contributed by atoms with E-state index in [2.05, 4.69) is 5.18 Å². The molecule has 1 rings (SSSR count). The third-order valence-corrected chi connectivity index (χ3v) is 2.21. The highest BCUT2D eigenvalue weighted by atomic mass is 16.5. The molecule has 0 fully saturated rings. The maximum atomic E-state index is 11.5. The lowest BCUT2D eigenvalue weighted by molar-refractivity contribution is -0.147. The van der Waals surface area contributed by atoms with Crippen molar-refractivity contribution < 1.29 is 9.53 Å². The lowest BCUT2D eigenvalue weighted by Gasteiger charge is -2.12. The molecule has 0 N–H and O–H groups in total. The zero-order valence-electron chi connectivity index (χ0n) is 9.42. The van der Waals surface area contributed by atoms with Crippen LogP contribution in [-0.4, -0.2) is 12.0 Å². The average Bonchev–Trinajstić information content (AvgIpc) is 2.28. The minimum absolute atomic E-state index is 0.138. The second-order valence-corrected chi connectivity index (χ2v) is 3.89. The van der Waals surface area contributed by atoms with Gasteiger partial charge in [0.25, 0.3) is 0 Å². The molecule has 0 aliphatic rings. The Morgan fingerprint density at radius 1 is 1.31 bits per heavy atom. The van der Waals surface area contributed by atoms with Gasteiger partial charge in [0.05, 0.1) is 0 Å². The van der Waals surface area contributed by atoms with Crippen LogP contribution in [0.25, 0.3) is 0 Å². The van der Waals surface area contributed by atoms with Crippen molar-refractivity contribution in [3.05, 3.63) is 40.8 Å². The summed E-state index contributed by atoms with van der Waals surface area (Å²) < 4.78 is 5.01. The van der Waals surface area contributed by atoms with Gasteiger partial charge in [-0.05, 0) is 11.5 Å². The number of rotatable bonds is 5. The Balaban J connectivity index is 2.49. The molecule has 0 heterocycles. The Morgan fingerprint density at radius 3 is 2.44 bits per heavy atom. The van der Waals surface area contributed by atoms with E-state index >= 15 is 0 Å². The molecule has 1 atom stereocenters. The molecular weight excluding hydrogens is 206 g/mol. The van der Waals surface area contributed by atoms with E-state index < -0.39 is 12.0 Å². The zero-order valence-corrected chi connectivity index (χ0v) is 9.42. The molecule has 86 valence electrons. The Hall–Kier alpha value is -1.71. The van der Waals surface area contributed by atoms with Crippen LogP contribution < -0.4 is 0 Å². The third-order valence-electron chi connectivity index (χ3n) is 2.21. The van der Waals surface area contributed by atoms with Crippen LogP contribution in [0.5, 0.6) is 0 Å². The van der Waals surface area contributed by atoms with Gasteiger partial charge >= 0.3 is 5.97 Å². The standard InChI is InChI=1S/C12H15NO3/c1-9(2)11(13-15)12(14)16-8-10-6-4-3-5-7-10/h3-7,9,11H,8H2,1-2H3/t11-/m0/s1. The van der Waals surface area contributed by atoms with Gasteiger partial charge in [-0.3, -0.25) is 0 Å². The summed E-state index contributed by atoms with van der Waals surface area (Å²) in [6, 6.07) is 8.40. The zero-order chi connectivity index (χ0) is 12.0. The van der Waals surface area contributed by atoms with Crippen molar-refractivity contribution in [2.75, 3.05) is 0 Å². The number of hydrogen-bond acceptors (Lipinski definition) is 4. The van der Waals surface area contributed by atoms with Gasteiger partial charge in [-0.2, -0.15) is 0 Å². The molecule has 0 amide bonds. The van der Waals surface area contributed by atoms with E-state index in [9.17, 15) is 9.70 Å². The number of nitroso groups, excluding NO2 is 1. The summed E-state index contributed by atoms with van der Waals surface area (Å²) in [7, 11) is 0. The molecule has 4 nitrogen and oxygen atoms in total. The van der Waals surface area contributed by atoms with Gasteiger partial charge in [0.1, 0.15) is 6.61 Å². The van der Waals surface area contributed by atoms with Crippen molar-refractivity contribution in [2.45, 2.75) is 26.5 Å². The fourth-order valence-corrected chi connectivity index (χ4v) is 1.25. The number of nitrogens with zero attached hydrogens (tertiary/aromatic N) is 1. The molecule has 0 aromatic heterocycles. The first-order valence-electron chi connectivity index (χ1n) is 5.18. The third kappa shape index (κ3) is 3.46. The van der Waals surface area contributed by atoms with Crippen LogP contribution in [0.3, 0.4) is 0 Å². The first-order chi connectivity index (χ1) is 7.65. The Bertz CT molecular complexity index is 349. The molecule has 1 aromatic rings. The summed E-state index contributed by atoms with van der Waals surface area (Å²) in [5, 5.41) is 2.78. The monoisotopic (exact) mass is 221 g/mol. The quantitative estimate of drug-likeness (QED) is 0.567. The van der Waals surface area contributed by atoms with E-state index in [4.69, 9.17) is 4.74 Å². The highest BCUT2D eigenvalue weighted by molar-refractivity contribution is 5.76. The van der Waals surface area contributed by atoms with E-state index in [1.165, 1.54) is 0 Å². The molecule has 0 aliphatic heterocycles. The second-order valence-electron chi connectivity index (χ2n) is 3.89. The highest BCUT2D eigenvalue weighted by Crippen LogP contribution is 2.09. The molecular formula is C12H15NO3. The topological polar surface area (TPSA) is 55.7 Å². The minimum Gasteiger partial charge on any atom is -0.459 e. The van der Waals surface area contributed by atoms with Crippen LogP contribution in [0.4, 0.5) is 0 Å². The normalized spacial score (nSPS) is 12.2. The van der Waals surface area contributed by atoms with Crippen molar-refractivity contribution in [1.82, 2.24) is 0 Å². The number of esters is 1. The number of hydrogen-bond donors (Lipinski definition) is 0. The highest BCUT2D eigenvalue weighted by Gasteiger charge is 2.24. The largest absolute Gasteiger partial charge is 0.459 e. The van der Waals surface area contributed by atoms with Gasteiger partial charge in [0.15, 0.2) is 6.04 Å². The fourth-order valence-electron chi connectivity index (χ4n) is 1.25. The van der Waals surface area contributed by atoms with Crippen LogP contribution in [0.2, 0.25) is 0 Å². The van der Waals surface area contributed by atoms with E-state index in [0.29, 0.717) is 0 Å². The smallest absolute Gasteiger partial charge is 0.335 e. The molecule has 0 aliphatic carbocycles. The molecule has 0 radical (unpaired) electrons. The van der Waals surface area contributed by atoms with Gasteiger partial charge < -0.3 is 4.74 Å². The predicted octanol–water partition coefficient (Wildman–Crippen LogP) is 2.52. The van der Waals surface area contributed by atoms with Gasteiger partial charge in [0.2, 0.25) is 0 Å². The number of carbonyl (C=O) groups is 1. The minimum atomic E-state index is -0.913. The molecule has 0 unspecified atom stereocenters. The van der Waals surface area contributed by atoms with E-state index in [1.807, 2.05) is 30.3 Å². The van der Waals surface area contributed by atoms with Crippen LogP contribution >= 0.6 is 0 Å². The van der Waals surface area contributed by atoms with E-state index in [1.54, 1.807) is 13.8 Å². The Kier molecular flexibility index (Phi) is 4.64. The molecule has 16 heavy (non-hydrogen) atoms. The SMILES string of the molecule is CC(C)[C@H](N=O)C(=O)OCc1ccccc1. The van der Waals surface area contributed by atoms with Crippen molar-refractivity contribution in [3.63, 3.8) is 0 Å². The van der Waals surface area contributed by atoms with E-state index in [0.717, 1.165) is 5.56 Å². The summed E-state index contributed by atoms with van der Waals surface area (Å²) in [6.45, 7) is 3.70. The van der Waals surface area contributed by atoms with Crippen LogP contribution in [0.1, 0.15) is 19.4 Å². The van der Waals surface area contributed by atoms with Crippen molar-refractivity contribution in [3.8, 4) is 0 Å². The first kappa shape index (κ1) is 12.4. The van der Waals surface area contributed by atoms with Gasteiger partial charge in [-0.15, -0.1) is 4.91 Å². The number of ether oxygens (including phenoxy) is 1.